The van der Waals surface area contributed by atoms with Crippen molar-refractivity contribution in [2.75, 3.05) is 13.2 Å². The molecule has 0 saturated carbocycles. The fourth-order valence-corrected chi connectivity index (χ4v) is 2.85. The molecule has 0 bridgehead atoms. The molecule has 1 aromatic heterocycles. The first kappa shape index (κ1) is 14.6. The van der Waals surface area contributed by atoms with Crippen molar-refractivity contribution < 1.29 is 4.74 Å². The van der Waals surface area contributed by atoms with Gasteiger partial charge < -0.3 is 10.5 Å². The minimum Gasteiger partial charge on any atom is -0.369 e. The minimum atomic E-state index is -0.298. The number of thiazole rings is 1. The van der Waals surface area contributed by atoms with Crippen molar-refractivity contribution >= 4 is 11.3 Å². The van der Waals surface area contributed by atoms with Crippen LogP contribution in [0.5, 0.6) is 0 Å². The lowest BCUT2D eigenvalue weighted by Gasteiger charge is -2.22. The number of ether oxygens (including phenoxy) is 1. The normalized spacial score (nSPS) is 14.3. The van der Waals surface area contributed by atoms with Crippen LogP contribution < -0.4 is 5.73 Å². The van der Waals surface area contributed by atoms with Crippen molar-refractivity contribution in [3.05, 3.63) is 16.1 Å². The molecule has 98 valence electrons. The maximum absolute atomic E-state index is 5.82. The second-order valence-corrected chi connectivity index (χ2v) is 5.97. The minimum absolute atomic E-state index is 0.298. The van der Waals surface area contributed by atoms with Gasteiger partial charge in [0.15, 0.2) is 0 Å². The van der Waals surface area contributed by atoms with E-state index in [1.807, 2.05) is 6.92 Å². The summed E-state index contributed by atoms with van der Waals surface area (Å²) in [6.45, 7) is 11.8. The first-order valence-corrected chi connectivity index (χ1v) is 7.10. The Morgan fingerprint density at radius 1 is 1.47 bits per heavy atom. The molecule has 0 aliphatic rings. The van der Waals surface area contributed by atoms with Gasteiger partial charge in [0.05, 0.1) is 5.69 Å². The molecule has 3 nitrogen and oxygen atoms in total. The average Bonchev–Trinajstić information content (AvgIpc) is 2.68. The van der Waals surface area contributed by atoms with Crippen molar-refractivity contribution in [3.8, 4) is 0 Å². The van der Waals surface area contributed by atoms with Crippen molar-refractivity contribution in [2.45, 2.75) is 46.1 Å². The third kappa shape index (κ3) is 3.50. The van der Waals surface area contributed by atoms with Gasteiger partial charge in [0, 0.05) is 24.4 Å². The zero-order valence-electron chi connectivity index (χ0n) is 11.5. The van der Waals surface area contributed by atoms with E-state index in [4.69, 9.17) is 15.5 Å². The van der Waals surface area contributed by atoms with Crippen LogP contribution in [0.25, 0.3) is 0 Å². The standard InChI is InChI=1S/C13H24N2OS/c1-6-16-13(4,5)12-15-11(8-17-12)10(7-14)9(2)3/h8-10H,6-7,14H2,1-5H3. The number of aromatic nitrogens is 1. The molecule has 0 radical (unpaired) electrons. The lowest BCUT2D eigenvalue weighted by atomic mass is 9.93. The number of hydrogen-bond donors (Lipinski definition) is 1. The predicted octanol–water partition coefficient (Wildman–Crippen LogP) is 3.11. The van der Waals surface area contributed by atoms with E-state index in [1.54, 1.807) is 11.3 Å². The molecule has 1 aromatic rings. The summed E-state index contributed by atoms with van der Waals surface area (Å²) in [6.07, 6.45) is 0. The summed E-state index contributed by atoms with van der Waals surface area (Å²) >= 11 is 1.67. The fourth-order valence-electron chi connectivity index (χ4n) is 1.89. The highest BCUT2D eigenvalue weighted by Gasteiger charge is 2.26. The van der Waals surface area contributed by atoms with Crippen LogP contribution in [-0.2, 0) is 10.3 Å². The van der Waals surface area contributed by atoms with Gasteiger partial charge >= 0.3 is 0 Å². The third-order valence-corrected chi connectivity index (χ3v) is 4.15. The monoisotopic (exact) mass is 256 g/mol. The smallest absolute Gasteiger partial charge is 0.124 e. The SMILES string of the molecule is CCOC(C)(C)c1nc(C(CN)C(C)C)cs1. The molecule has 0 amide bonds. The van der Waals surface area contributed by atoms with Crippen LogP contribution in [0, 0.1) is 5.92 Å². The summed E-state index contributed by atoms with van der Waals surface area (Å²) in [5, 5.41) is 3.15. The molecular weight excluding hydrogens is 232 g/mol. The number of rotatable bonds is 6. The van der Waals surface area contributed by atoms with Crippen LogP contribution >= 0.6 is 11.3 Å². The van der Waals surface area contributed by atoms with Gasteiger partial charge in [0.25, 0.3) is 0 Å². The highest BCUT2D eigenvalue weighted by molar-refractivity contribution is 7.09. The van der Waals surface area contributed by atoms with Gasteiger partial charge in [-0.15, -0.1) is 11.3 Å². The Kier molecular flexibility index (Phi) is 5.10. The number of nitrogens with two attached hydrogens (primary N) is 1. The van der Waals surface area contributed by atoms with Crippen molar-refractivity contribution in [1.29, 1.82) is 0 Å². The van der Waals surface area contributed by atoms with Crippen molar-refractivity contribution in [1.82, 2.24) is 4.98 Å². The molecule has 1 rings (SSSR count). The summed E-state index contributed by atoms with van der Waals surface area (Å²) in [5.41, 5.74) is 6.63. The molecule has 0 aliphatic carbocycles. The largest absolute Gasteiger partial charge is 0.369 e. The molecular formula is C13H24N2OS. The Balaban J connectivity index is 2.90. The average molecular weight is 256 g/mol. The lowest BCUT2D eigenvalue weighted by molar-refractivity contribution is -0.0143. The first-order chi connectivity index (χ1) is 7.92. The van der Waals surface area contributed by atoms with Crippen LogP contribution in [0.1, 0.15) is 51.2 Å². The molecule has 17 heavy (non-hydrogen) atoms. The van der Waals surface area contributed by atoms with Crippen molar-refractivity contribution in [2.24, 2.45) is 11.7 Å². The van der Waals surface area contributed by atoms with Gasteiger partial charge in [0.2, 0.25) is 0 Å². The van der Waals surface area contributed by atoms with Crippen LogP contribution in [-0.4, -0.2) is 18.1 Å². The van der Waals surface area contributed by atoms with E-state index < -0.39 is 0 Å². The van der Waals surface area contributed by atoms with Crippen LogP contribution in [0.3, 0.4) is 0 Å². The van der Waals surface area contributed by atoms with Gasteiger partial charge in [0.1, 0.15) is 10.6 Å². The molecule has 1 unspecified atom stereocenters. The summed E-state index contributed by atoms with van der Waals surface area (Å²) in [7, 11) is 0. The Morgan fingerprint density at radius 3 is 2.59 bits per heavy atom. The topological polar surface area (TPSA) is 48.1 Å². The van der Waals surface area contributed by atoms with Gasteiger partial charge in [-0.3, -0.25) is 0 Å². The van der Waals surface area contributed by atoms with E-state index in [0.29, 0.717) is 25.0 Å². The molecule has 1 heterocycles. The van der Waals surface area contributed by atoms with E-state index in [9.17, 15) is 0 Å². The quantitative estimate of drug-likeness (QED) is 0.850. The van der Waals surface area contributed by atoms with Gasteiger partial charge in [-0.2, -0.15) is 0 Å². The summed E-state index contributed by atoms with van der Waals surface area (Å²) in [5.74, 6) is 0.864. The maximum Gasteiger partial charge on any atom is 0.124 e. The number of nitrogens with zero attached hydrogens (tertiary/aromatic N) is 1. The van der Waals surface area contributed by atoms with Crippen LogP contribution in [0.4, 0.5) is 0 Å². The molecule has 0 fully saturated rings. The van der Waals surface area contributed by atoms with Crippen LogP contribution in [0.15, 0.2) is 5.38 Å². The third-order valence-electron chi connectivity index (χ3n) is 2.98. The van der Waals surface area contributed by atoms with E-state index in [-0.39, 0.29) is 5.60 Å². The second-order valence-electron chi connectivity index (χ2n) is 5.11. The lowest BCUT2D eigenvalue weighted by Crippen LogP contribution is -2.22. The zero-order chi connectivity index (χ0) is 13.1. The summed E-state index contributed by atoms with van der Waals surface area (Å²) < 4.78 is 5.72. The van der Waals surface area contributed by atoms with E-state index in [2.05, 4.69) is 33.1 Å². The van der Waals surface area contributed by atoms with E-state index >= 15 is 0 Å². The Hall–Kier alpha value is -0.450. The summed E-state index contributed by atoms with van der Waals surface area (Å²) in [4.78, 5) is 4.71. The molecule has 1 atom stereocenters. The van der Waals surface area contributed by atoms with E-state index in [0.717, 1.165) is 10.7 Å². The van der Waals surface area contributed by atoms with Gasteiger partial charge in [-0.1, -0.05) is 13.8 Å². The number of hydrogen-bond acceptors (Lipinski definition) is 4. The Morgan fingerprint density at radius 2 is 2.12 bits per heavy atom. The molecule has 0 aromatic carbocycles. The molecule has 0 spiro atoms. The zero-order valence-corrected chi connectivity index (χ0v) is 12.3. The first-order valence-electron chi connectivity index (χ1n) is 6.22. The Bertz CT molecular complexity index is 347. The highest BCUT2D eigenvalue weighted by Crippen LogP contribution is 2.31. The van der Waals surface area contributed by atoms with Gasteiger partial charge in [-0.05, 0) is 26.7 Å². The van der Waals surface area contributed by atoms with Crippen LogP contribution in [0.2, 0.25) is 0 Å². The highest BCUT2D eigenvalue weighted by atomic mass is 32.1. The predicted molar refractivity (Wildman–Crippen MR) is 73.4 cm³/mol. The molecule has 4 heteroatoms. The Labute approximate surface area is 108 Å². The molecule has 2 N–H and O–H groups in total. The van der Waals surface area contributed by atoms with Gasteiger partial charge in [-0.25, -0.2) is 4.98 Å². The van der Waals surface area contributed by atoms with Crippen molar-refractivity contribution in [3.63, 3.8) is 0 Å². The second kappa shape index (κ2) is 5.94. The molecule has 0 saturated heterocycles. The fraction of sp³-hybridized carbons (Fsp3) is 0.769. The maximum atomic E-state index is 5.82. The molecule has 0 aliphatic heterocycles. The summed E-state index contributed by atoms with van der Waals surface area (Å²) in [6, 6.07) is 0. The van der Waals surface area contributed by atoms with E-state index in [1.165, 1.54) is 0 Å².